The van der Waals surface area contributed by atoms with Crippen LogP contribution in [0.3, 0.4) is 0 Å². The molecule has 0 saturated carbocycles. The first kappa shape index (κ1) is 12.9. The number of rotatable bonds is 4. The molecule has 1 aliphatic heterocycles. The van der Waals surface area contributed by atoms with E-state index in [1.807, 2.05) is 29.9 Å². The molecule has 106 valence electrons. The van der Waals surface area contributed by atoms with E-state index in [0.717, 1.165) is 18.5 Å². The molecule has 3 heterocycles. The molecule has 2 aromatic rings. The molecule has 7 nitrogen and oxygen atoms in total. The number of aromatic nitrogens is 3. The Hall–Kier alpha value is -2.15. The quantitative estimate of drug-likeness (QED) is 0.896. The molecule has 0 bridgehead atoms. The summed E-state index contributed by atoms with van der Waals surface area (Å²) in [7, 11) is 1.91. The number of hydrogen-bond donors (Lipinski definition) is 1. The highest BCUT2D eigenvalue weighted by atomic mass is 16.5. The lowest BCUT2D eigenvalue weighted by molar-refractivity contribution is -0.130. The van der Waals surface area contributed by atoms with Gasteiger partial charge < -0.3 is 19.1 Å². The van der Waals surface area contributed by atoms with Gasteiger partial charge >= 0.3 is 0 Å². The average Bonchev–Trinajstić information content (AvgIpc) is 3.17. The van der Waals surface area contributed by atoms with E-state index >= 15 is 0 Å². The van der Waals surface area contributed by atoms with Crippen molar-refractivity contribution in [3.8, 4) is 11.5 Å². The van der Waals surface area contributed by atoms with Crippen molar-refractivity contribution in [2.75, 3.05) is 6.61 Å². The lowest BCUT2D eigenvalue weighted by Gasteiger charge is -2.08. The molecule has 1 N–H and O–H groups in total. The van der Waals surface area contributed by atoms with Gasteiger partial charge in [-0.05, 0) is 25.0 Å². The van der Waals surface area contributed by atoms with Gasteiger partial charge in [-0.3, -0.25) is 4.79 Å². The SMILES string of the molecule is Cn1cccc1-c1noc(CNC(=O)C2CCCO2)n1. The Morgan fingerprint density at radius 2 is 2.50 bits per heavy atom. The zero-order valence-electron chi connectivity index (χ0n) is 11.2. The van der Waals surface area contributed by atoms with E-state index in [-0.39, 0.29) is 18.6 Å². The first-order valence-electron chi connectivity index (χ1n) is 6.57. The molecule has 1 amide bonds. The van der Waals surface area contributed by atoms with Crippen LogP contribution in [-0.2, 0) is 23.1 Å². The van der Waals surface area contributed by atoms with Gasteiger partial charge in [0.15, 0.2) is 0 Å². The minimum absolute atomic E-state index is 0.124. The summed E-state index contributed by atoms with van der Waals surface area (Å²) in [4.78, 5) is 16.0. The highest BCUT2D eigenvalue weighted by molar-refractivity contribution is 5.80. The third-order valence-electron chi connectivity index (χ3n) is 3.28. The van der Waals surface area contributed by atoms with Gasteiger partial charge in [0.05, 0.1) is 12.2 Å². The summed E-state index contributed by atoms with van der Waals surface area (Å²) in [5, 5.41) is 6.65. The lowest BCUT2D eigenvalue weighted by Crippen LogP contribution is -2.33. The molecular formula is C13H16N4O3. The third kappa shape index (κ3) is 2.57. The average molecular weight is 276 g/mol. The van der Waals surface area contributed by atoms with Crippen molar-refractivity contribution in [1.82, 2.24) is 20.0 Å². The molecule has 1 atom stereocenters. The second kappa shape index (κ2) is 5.46. The summed E-state index contributed by atoms with van der Waals surface area (Å²) in [5.41, 5.74) is 0.866. The van der Waals surface area contributed by atoms with E-state index in [1.54, 1.807) is 0 Å². The fraction of sp³-hybridized carbons (Fsp3) is 0.462. The van der Waals surface area contributed by atoms with Gasteiger partial charge in [-0.1, -0.05) is 5.16 Å². The van der Waals surface area contributed by atoms with Crippen LogP contribution in [0, 0.1) is 0 Å². The number of ether oxygens (including phenoxy) is 1. The zero-order chi connectivity index (χ0) is 13.9. The van der Waals surface area contributed by atoms with Gasteiger partial charge in [-0.15, -0.1) is 0 Å². The fourth-order valence-corrected chi connectivity index (χ4v) is 2.19. The first-order chi connectivity index (χ1) is 9.74. The maximum Gasteiger partial charge on any atom is 0.249 e. The number of aryl methyl sites for hydroxylation is 1. The molecule has 7 heteroatoms. The summed E-state index contributed by atoms with van der Waals surface area (Å²) < 4.78 is 12.3. The number of amides is 1. The van der Waals surface area contributed by atoms with Crippen LogP contribution in [0.25, 0.3) is 11.5 Å². The molecule has 3 rings (SSSR count). The molecule has 0 spiro atoms. The smallest absolute Gasteiger partial charge is 0.249 e. The zero-order valence-corrected chi connectivity index (χ0v) is 11.2. The van der Waals surface area contributed by atoms with Gasteiger partial charge in [-0.2, -0.15) is 4.98 Å². The standard InChI is InChI=1S/C13H16N4O3/c1-17-6-2-4-9(17)12-15-11(20-16-12)8-14-13(18)10-5-3-7-19-10/h2,4,6,10H,3,5,7-8H2,1H3,(H,14,18). The summed E-state index contributed by atoms with van der Waals surface area (Å²) in [5.74, 6) is 0.771. The second-order valence-corrected chi connectivity index (χ2v) is 4.74. The Labute approximate surface area is 115 Å². The Bertz CT molecular complexity index is 598. The summed E-state index contributed by atoms with van der Waals surface area (Å²) in [6.45, 7) is 0.867. The van der Waals surface area contributed by atoms with Crippen molar-refractivity contribution in [1.29, 1.82) is 0 Å². The van der Waals surface area contributed by atoms with E-state index in [0.29, 0.717) is 18.3 Å². The molecule has 0 radical (unpaired) electrons. The van der Waals surface area contributed by atoms with Gasteiger partial charge in [0.25, 0.3) is 0 Å². The van der Waals surface area contributed by atoms with Crippen LogP contribution < -0.4 is 5.32 Å². The Morgan fingerprint density at radius 3 is 3.20 bits per heavy atom. The third-order valence-corrected chi connectivity index (χ3v) is 3.28. The second-order valence-electron chi connectivity index (χ2n) is 4.74. The monoisotopic (exact) mass is 276 g/mol. The van der Waals surface area contributed by atoms with E-state index in [1.165, 1.54) is 0 Å². The highest BCUT2D eigenvalue weighted by Crippen LogP contribution is 2.15. The molecule has 1 saturated heterocycles. The number of nitrogens with zero attached hydrogens (tertiary/aromatic N) is 3. The van der Waals surface area contributed by atoms with Crippen molar-refractivity contribution in [3.63, 3.8) is 0 Å². The van der Waals surface area contributed by atoms with Crippen molar-refractivity contribution in [3.05, 3.63) is 24.2 Å². The minimum Gasteiger partial charge on any atom is -0.368 e. The van der Waals surface area contributed by atoms with E-state index < -0.39 is 0 Å². The van der Waals surface area contributed by atoms with Crippen molar-refractivity contribution in [2.24, 2.45) is 7.05 Å². The van der Waals surface area contributed by atoms with Crippen LogP contribution >= 0.6 is 0 Å². The molecule has 20 heavy (non-hydrogen) atoms. The van der Waals surface area contributed by atoms with E-state index in [2.05, 4.69) is 15.5 Å². The maximum absolute atomic E-state index is 11.8. The molecule has 0 aromatic carbocycles. The number of hydrogen-bond acceptors (Lipinski definition) is 5. The van der Waals surface area contributed by atoms with Gasteiger partial charge in [0.1, 0.15) is 6.10 Å². The molecule has 1 aliphatic rings. The van der Waals surface area contributed by atoms with Crippen molar-refractivity contribution in [2.45, 2.75) is 25.5 Å². The Morgan fingerprint density at radius 1 is 1.60 bits per heavy atom. The molecule has 1 unspecified atom stereocenters. The molecule has 0 aliphatic carbocycles. The Kier molecular flexibility index (Phi) is 3.51. The minimum atomic E-state index is -0.342. The molecule has 2 aromatic heterocycles. The number of nitrogens with one attached hydrogen (secondary N) is 1. The number of carbonyl (C=O) groups excluding carboxylic acids is 1. The van der Waals surface area contributed by atoms with Crippen molar-refractivity contribution >= 4 is 5.91 Å². The summed E-state index contributed by atoms with van der Waals surface area (Å²) >= 11 is 0. The lowest BCUT2D eigenvalue weighted by atomic mass is 10.2. The van der Waals surface area contributed by atoms with Gasteiger partial charge in [0.2, 0.25) is 17.6 Å². The fourth-order valence-electron chi connectivity index (χ4n) is 2.19. The van der Waals surface area contributed by atoms with Gasteiger partial charge in [-0.25, -0.2) is 0 Å². The maximum atomic E-state index is 11.8. The van der Waals surface area contributed by atoms with Crippen LogP contribution in [0.2, 0.25) is 0 Å². The van der Waals surface area contributed by atoms with Crippen LogP contribution in [0.1, 0.15) is 18.7 Å². The number of carbonyl (C=O) groups is 1. The topological polar surface area (TPSA) is 82.2 Å². The molecule has 1 fully saturated rings. The highest BCUT2D eigenvalue weighted by Gasteiger charge is 2.23. The first-order valence-corrected chi connectivity index (χ1v) is 6.57. The predicted octanol–water partition coefficient (Wildman–Crippen LogP) is 0.870. The van der Waals surface area contributed by atoms with Gasteiger partial charge in [0, 0.05) is 19.9 Å². The largest absolute Gasteiger partial charge is 0.368 e. The molecular weight excluding hydrogens is 260 g/mol. The van der Waals surface area contributed by atoms with Crippen LogP contribution in [0.15, 0.2) is 22.9 Å². The van der Waals surface area contributed by atoms with Crippen LogP contribution in [-0.4, -0.2) is 33.3 Å². The van der Waals surface area contributed by atoms with E-state index in [4.69, 9.17) is 9.26 Å². The predicted molar refractivity (Wildman–Crippen MR) is 69.5 cm³/mol. The van der Waals surface area contributed by atoms with E-state index in [9.17, 15) is 4.79 Å². The summed E-state index contributed by atoms with van der Waals surface area (Å²) in [6, 6.07) is 3.81. The van der Waals surface area contributed by atoms with Crippen LogP contribution in [0.5, 0.6) is 0 Å². The summed E-state index contributed by atoms with van der Waals surface area (Å²) in [6.07, 6.45) is 3.26. The van der Waals surface area contributed by atoms with Crippen LogP contribution in [0.4, 0.5) is 0 Å². The Balaban J connectivity index is 1.60. The normalized spacial score (nSPS) is 18.4. The van der Waals surface area contributed by atoms with Crippen molar-refractivity contribution < 1.29 is 14.1 Å².